The van der Waals surface area contributed by atoms with Crippen molar-refractivity contribution >= 4 is 23.6 Å². The van der Waals surface area contributed by atoms with Gasteiger partial charge in [-0.25, -0.2) is 0 Å². The van der Waals surface area contributed by atoms with Gasteiger partial charge in [0.25, 0.3) is 0 Å². The number of hydrogen-bond acceptors (Lipinski definition) is 4. The summed E-state index contributed by atoms with van der Waals surface area (Å²) in [5.41, 5.74) is 5.16. The van der Waals surface area contributed by atoms with E-state index in [1.807, 2.05) is 188 Å². The van der Waals surface area contributed by atoms with Crippen LogP contribution in [-0.2, 0) is 32.1 Å². The zero-order valence-corrected chi connectivity index (χ0v) is 47.0. The maximum atomic E-state index is 11.9. The Morgan fingerprint density at radius 3 is 1.25 bits per heavy atom. The van der Waals surface area contributed by atoms with Gasteiger partial charge in [0.2, 0.25) is 23.6 Å². The monoisotopic (exact) mass is 953 g/mol. The maximum absolute atomic E-state index is 11.9. The summed E-state index contributed by atoms with van der Waals surface area (Å²) < 4.78 is 0. The fraction of sp³-hybridized carbons (Fsp3) is 0.541. The molecule has 4 aromatic carbocycles. The van der Waals surface area contributed by atoms with E-state index < -0.39 is 0 Å². The Morgan fingerprint density at radius 1 is 0.507 bits per heavy atom. The summed E-state index contributed by atoms with van der Waals surface area (Å²) >= 11 is 0. The van der Waals surface area contributed by atoms with E-state index in [-0.39, 0.29) is 52.7 Å². The molecular weight excluding hydrogens is 853 g/mol. The number of amides is 4. The highest BCUT2D eigenvalue weighted by Crippen LogP contribution is 2.24. The van der Waals surface area contributed by atoms with E-state index in [1.54, 1.807) is 0 Å². The molecule has 69 heavy (non-hydrogen) atoms. The average molecular weight is 953 g/mol. The van der Waals surface area contributed by atoms with Crippen LogP contribution in [0.1, 0.15) is 166 Å². The molecule has 1 aliphatic heterocycles. The van der Waals surface area contributed by atoms with E-state index in [1.165, 1.54) is 16.7 Å². The molecule has 8 nitrogen and oxygen atoms in total. The highest BCUT2D eigenvalue weighted by molar-refractivity contribution is 5.79. The van der Waals surface area contributed by atoms with Crippen molar-refractivity contribution in [2.75, 3.05) is 26.2 Å². The summed E-state index contributed by atoms with van der Waals surface area (Å²) in [6.07, 6.45) is 2.25. The van der Waals surface area contributed by atoms with Crippen molar-refractivity contribution in [2.45, 2.75) is 157 Å². The van der Waals surface area contributed by atoms with Gasteiger partial charge in [-0.1, -0.05) is 253 Å². The van der Waals surface area contributed by atoms with Crippen LogP contribution in [0.5, 0.6) is 0 Å². The maximum Gasteiger partial charge on any atom is 0.225 e. The second-order valence-corrected chi connectivity index (χ2v) is 18.3. The lowest BCUT2D eigenvalue weighted by Gasteiger charge is -2.19. The van der Waals surface area contributed by atoms with E-state index in [9.17, 15) is 19.2 Å². The van der Waals surface area contributed by atoms with Gasteiger partial charge in [0.15, 0.2) is 0 Å². The molecule has 1 saturated heterocycles. The average Bonchev–Trinajstić information content (AvgIpc) is 3.84. The van der Waals surface area contributed by atoms with Crippen molar-refractivity contribution in [3.05, 3.63) is 144 Å². The summed E-state index contributed by atoms with van der Waals surface area (Å²) in [6.45, 7) is 41.6. The van der Waals surface area contributed by atoms with Gasteiger partial charge in [-0.15, -0.1) is 0 Å². The molecule has 4 aromatic rings. The zero-order valence-electron chi connectivity index (χ0n) is 47.0. The van der Waals surface area contributed by atoms with Gasteiger partial charge in [-0.3, -0.25) is 19.2 Å². The fourth-order valence-electron chi connectivity index (χ4n) is 6.26. The second-order valence-electron chi connectivity index (χ2n) is 18.3. The third-order valence-electron chi connectivity index (χ3n) is 10.0. The van der Waals surface area contributed by atoms with Crippen LogP contribution in [0.4, 0.5) is 0 Å². The van der Waals surface area contributed by atoms with Crippen molar-refractivity contribution < 1.29 is 19.2 Å². The van der Waals surface area contributed by atoms with Crippen LogP contribution in [0.15, 0.2) is 121 Å². The van der Waals surface area contributed by atoms with E-state index in [0.29, 0.717) is 24.9 Å². The molecule has 1 fully saturated rings. The molecular formula is C61H100N4O4. The molecule has 0 saturated carbocycles. The van der Waals surface area contributed by atoms with Crippen molar-refractivity contribution in [3.8, 4) is 0 Å². The molecule has 0 radical (unpaired) electrons. The minimum atomic E-state index is 0.0159. The Balaban J connectivity index is -0.000000818. The lowest BCUT2D eigenvalue weighted by atomic mass is 9.91. The van der Waals surface area contributed by atoms with Crippen LogP contribution in [-0.4, -0.2) is 54.7 Å². The minimum absolute atomic E-state index is 0.0159. The van der Waals surface area contributed by atoms with Crippen molar-refractivity contribution in [1.29, 1.82) is 0 Å². The largest absolute Gasteiger partial charge is 0.355 e. The summed E-state index contributed by atoms with van der Waals surface area (Å²) in [5.74, 6) is 1.78. The number of nitrogens with one attached hydrogen (secondary N) is 3. The van der Waals surface area contributed by atoms with E-state index in [0.717, 1.165) is 38.0 Å². The first-order chi connectivity index (χ1) is 32.9. The number of nitrogens with zero attached hydrogens (tertiary/aromatic N) is 1. The predicted molar refractivity (Wildman–Crippen MR) is 298 cm³/mol. The Labute approximate surface area is 423 Å². The van der Waals surface area contributed by atoms with Gasteiger partial charge in [0.1, 0.15) is 0 Å². The second kappa shape index (κ2) is 41.7. The van der Waals surface area contributed by atoms with Gasteiger partial charge < -0.3 is 20.9 Å². The van der Waals surface area contributed by atoms with Crippen LogP contribution in [0.3, 0.4) is 0 Å². The standard InChI is InChI=1S/C18H21NO.C15H21NO.C11H15NO.C9H19NO.4C2H6/c1-14(2)18(20)19-13-17(15-9-5-3-6-10-15)16-11-7-4-8-12-16;1-12(2)15(17)16-9-8-14(11-16)10-13-6-4-3-5-7-13;1-9(2)11(13)12-8-10-6-4-3-5-7-10;1-7(2)8(11)10-6-9(3,4)5;4*1-2/h3-12,14,17H,13H2,1-2H3,(H,19,20);3-7,12,14H,8-11H2,1-2H3;3-7,9H,8H2,1-2H3,(H,12,13);7H,6H2,1-5H3,(H,10,11);4*1-2H3. The van der Waals surface area contributed by atoms with Gasteiger partial charge in [-0.05, 0) is 46.4 Å². The predicted octanol–water partition coefficient (Wildman–Crippen LogP) is 14.2. The van der Waals surface area contributed by atoms with Gasteiger partial charge in [-0.2, -0.15) is 0 Å². The smallest absolute Gasteiger partial charge is 0.225 e. The molecule has 1 unspecified atom stereocenters. The van der Waals surface area contributed by atoms with Crippen molar-refractivity contribution in [3.63, 3.8) is 0 Å². The lowest BCUT2D eigenvalue weighted by molar-refractivity contribution is -0.133. The number of benzene rings is 4. The molecule has 4 amide bonds. The summed E-state index contributed by atoms with van der Waals surface area (Å²) in [5, 5.41) is 8.78. The van der Waals surface area contributed by atoms with E-state index in [2.05, 4.69) is 85.3 Å². The molecule has 1 atom stereocenters. The highest BCUT2D eigenvalue weighted by atomic mass is 16.2. The lowest BCUT2D eigenvalue weighted by Crippen LogP contribution is -2.34. The van der Waals surface area contributed by atoms with E-state index in [4.69, 9.17) is 0 Å². The van der Waals surface area contributed by atoms with Gasteiger partial charge in [0.05, 0.1) is 0 Å². The Hall–Kier alpha value is -5.24. The first-order valence-corrected chi connectivity index (χ1v) is 26.2. The SMILES string of the molecule is CC.CC.CC.CC.CC(C)C(=O)N1CCC(Cc2ccccc2)C1.CC(C)C(=O)NCC(C)(C)C.CC(C)C(=O)NCC(c1ccccc1)c1ccccc1.CC(C)C(=O)NCc1ccccc1. The molecule has 0 aromatic heterocycles. The first-order valence-electron chi connectivity index (χ1n) is 26.2. The molecule has 0 aliphatic carbocycles. The topological polar surface area (TPSA) is 108 Å². The number of carbonyl (C=O) groups is 4. The Morgan fingerprint density at radius 2 is 0.870 bits per heavy atom. The molecule has 5 rings (SSSR count). The molecule has 3 N–H and O–H groups in total. The third-order valence-corrected chi connectivity index (χ3v) is 10.0. The third kappa shape index (κ3) is 33.0. The highest BCUT2D eigenvalue weighted by Gasteiger charge is 2.27. The Bertz CT molecular complexity index is 1780. The quantitative estimate of drug-likeness (QED) is 0.124. The van der Waals surface area contributed by atoms with Gasteiger partial charge in [0, 0.05) is 62.3 Å². The number of rotatable bonds is 13. The van der Waals surface area contributed by atoms with Crippen LogP contribution in [0.2, 0.25) is 0 Å². The first kappa shape index (κ1) is 68.0. The Kier molecular flexibility index (Phi) is 41.1. The van der Waals surface area contributed by atoms with Crippen molar-refractivity contribution in [2.24, 2.45) is 35.0 Å². The zero-order chi connectivity index (χ0) is 53.4. The van der Waals surface area contributed by atoms with Crippen molar-refractivity contribution in [1.82, 2.24) is 20.9 Å². The van der Waals surface area contributed by atoms with Crippen LogP contribution in [0, 0.1) is 35.0 Å². The van der Waals surface area contributed by atoms with Crippen LogP contribution in [0.25, 0.3) is 0 Å². The van der Waals surface area contributed by atoms with E-state index >= 15 is 0 Å². The minimum Gasteiger partial charge on any atom is -0.355 e. The molecule has 1 aliphatic rings. The number of carbonyl (C=O) groups excluding carboxylic acids is 4. The van der Waals surface area contributed by atoms with Crippen LogP contribution < -0.4 is 16.0 Å². The summed E-state index contributed by atoms with van der Waals surface area (Å²) in [6, 6.07) is 41.1. The van der Waals surface area contributed by atoms with Crippen LogP contribution >= 0.6 is 0 Å². The number of hydrogen-bond donors (Lipinski definition) is 3. The fourth-order valence-corrected chi connectivity index (χ4v) is 6.26. The van der Waals surface area contributed by atoms with Gasteiger partial charge >= 0.3 is 0 Å². The summed E-state index contributed by atoms with van der Waals surface area (Å²) in [7, 11) is 0. The molecule has 8 heteroatoms. The summed E-state index contributed by atoms with van der Waals surface area (Å²) in [4.78, 5) is 48.0. The molecule has 0 spiro atoms. The molecule has 388 valence electrons. The molecule has 1 heterocycles. The molecule has 0 bridgehead atoms. The normalized spacial score (nSPS) is 12.2. The number of likely N-dealkylation sites (tertiary alicyclic amines) is 1.